The van der Waals surface area contributed by atoms with E-state index in [4.69, 9.17) is 9.72 Å². The van der Waals surface area contributed by atoms with Crippen LogP contribution in [-0.4, -0.2) is 29.2 Å². The van der Waals surface area contributed by atoms with Crippen molar-refractivity contribution in [2.24, 2.45) is 0 Å². The molecule has 3 aromatic rings. The van der Waals surface area contributed by atoms with Crippen molar-refractivity contribution >= 4 is 26.7 Å². The van der Waals surface area contributed by atoms with Crippen LogP contribution < -0.4 is 9.64 Å². The Morgan fingerprint density at radius 1 is 1.11 bits per heavy atom. The summed E-state index contributed by atoms with van der Waals surface area (Å²) in [4.78, 5) is 11.7. The molecule has 1 aliphatic rings. The van der Waals surface area contributed by atoms with Crippen LogP contribution in [0.1, 0.15) is 41.5 Å². The highest BCUT2D eigenvalue weighted by molar-refractivity contribution is 7.22. The van der Waals surface area contributed by atoms with Crippen LogP contribution >= 0.6 is 11.3 Å². The highest BCUT2D eigenvalue weighted by atomic mass is 32.1. The quantitative estimate of drug-likeness (QED) is 0.609. The lowest BCUT2D eigenvalue weighted by Gasteiger charge is -2.35. The Kier molecular flexibility index (Phi) is 5.04. The Hall–Kier alpha value is -2.14. The minimum atomic E-state index is 0.363. The third kappa shape index (κ3) is 3.41. The van der Waals surface area contributed by atoms with Gasteiger partial charge in [-0.1, -0.05) is 11.3 Å². The molecule has 0 saturated carbocycles. The molecule has 2 aromatic heterocycles. The molecule has 0 bridgehead atoms. The summed E-state index contributed by atoms with van der Waals surface area (Å²) in [6.07, 6.45) is 7.17. The van der Waals surface area contributed by atoms with Crippen molar-refractivity contribution in [1.29, 1.82) is 0 Å². The van der Waals surface area contributed by atoms with Crippen molar-refractivity contribution in [2.45, 2.75) is 53.0 Å². The minimum Gasteiger partial charge on any atom is -0.490 e. The molecular formula is C22H27N3OS. The van der Waals surface area contributed by atoms with Crippen molar-refractivity contribution < 1.29 is 4.74 Å². The van der Waals surface area contributed by atoms with Crippen LogP contribution in [0.25, 0.3) is 10.2 Å². The molecule has 142 valence electrons. The number of anilines is 1. The van der Waals surface area contributed by atoms with Gasteiger partial charge in [0.25, 0.3) is 0 Å². The van der Waals surface area contributed by atoms with Crippen LogP contribution in [0.2, 0.25) is 0 Å². The number of thiazole rings is 1. The van der Waals surface area contributed by atoms with E-state index in [1.165, 1.54) is 45.3 Å². The van der Waals surface area contributed by atoms with Crippen molar-refractivity contribution in [3.05, 3.63) is 46.8 Å². The van der Waals surface area contributed by atoms with E-state index in [9.17, 15) is 0 Å². The molecule has 1 atom stereocenters. The average Bonchev–Trinajstić information content (AvgIpc) is 3.15. The lowest BCUT2D eigenvalue weighted by molar-refractivity contribution is 0.259. The molecule has 1 unspecified atom stereocenters. The number of hydrogen-bond acceptors (Lipinski definition) is 5. The number of fused-ring (bicyclic) bond motifs is 1. The number of nitrogens with zero attached hydrogens (tertiary/aromatic N) is 3. The van der Waals surface area contributed by atoms with Crippen LogP contribution in [-0.2, 0) is 0 Å². The first-order valence-electron chi connectivity index (χ1n) is 9.72. The van der Waals surface area contributed by atoms with Gasteiger partial charge in [-0.15, -0.1) is 0 Å². The summed E-state index contributed by atoms with van der Waals surface area (Å²) in [5, 5.41) is 1.14. The predicted octanol–water partition coefficient (Wildman–Crippen LogP) is 5.36. The maximum Gasteiger partial charge on any atom is 0.186 e. The summed E-state index contributed by atoms with van der Waals surface area (Å²) in [7, 11) is 0. The zero-order valence-corrected chi connectivity index (χ0v) is 17.4. The van der Waals surface area contributed by atoms with Gasteiger partial charge < -0.3 is 9.64 Å². The molecule has 0 radical (unpaired) electrons. The predicted molar refractivity (Wildman–Crippen MR) is 113 cm³/mol. The van der Waals surface area contributed by atoms with Crippen molar-refractivity contribution in [1.82, 2.24) is 9.97 Å². The van der Waals surface area contributed by atoms with Gasteiger partial charge in [0.05, 0.1) is 22.5 Å². The maximum atomic E-state index is 6.03. The molecule has 5 heteroatoms. The summed E-state index contributed by atoms with van der Waals surface area (Å²) in [6.45, 7) is 10.6. The molecule has 0 amide bonds. The number of benzene rings is 1. The molecule has 1 aromatic carbocycles. The number of hydrogen-bond donors (Lipinski definition) is 0. The molecule has 4 rings (SSSR count). The monoisotopic (exact) mass is 381 g/mol. The zero-order valence-electron chi connectivity index (χ0n) is 16.6. The molecule has 0 N–H and O–H groups in total. The lowest BCUT2D eigenvalue weighted by atomic mass is 9.98. The first-order valence-corrected chi connectivity index (χ1v) is 10.5. The fraction of sp³-hybridized carbons (Fsp3) is 0.455. The standard InChI is InChI=1S/C22H27N3OS/c1-14-15(2)17(4)21-20(16(14)3)24-22(27-21)25-11-6-5-8-18(25)13-26-19-9-7-10-23-12-19/h7,9-10,12,18H,5-6,8,11,13H2,1-4H3. The zero-order chi connectivity index (χ0) is 19.0. The number of ether oxygens (including phenoxy) is 1. The highest BCUT2D eigenvalue weighted by Gasteiger charge is 2.27. The molecule has 3 heterocycles. The van der Waals surface area contributed by atoms with Gasteiger partial charge in [0, 0.05) is 12.7 Å². The van der Waals surface area contributed by atoms with E-state index in [0.717, 1.165) is 23.8 Å². The average molecular weight is 382 g/mol. The summed E-state index contributed by atoms with van der Waals surface area (Å²) in [5.74, 6) is 0.838. The minimum absolute atomic E-state index is 0.363. The Bertz CT molecular complexity index is 906. The largest absolute Gasteiger partial charge is 0.490 e. The van der Waals surface area contributed by atoms with E-state index in [-0.39, 0.29) is 0 Å². The van der Waals surface area contributed by atoms with Gasteiger partial charge >= 0.3 is 0 Å². The first-order chi connectivity index (χ1) is 13.1. The van der Waals surface area contributed by atoms with Gasteiger partial charge in [-0.05, 0) is 81.3 Å². The van der Waals surface area contributed by atoms with E-state index in [2.05, 4.69) is 37.6 Å². The van der Waals surface area contributed by atoms with Gasteiger partial charge in [-0.25, -0.2) is 4.98 Å². The van der Waals surface area contributed by atoms with E-state index in [0.29, 0.717) is 12.6 Å². The summed E-state index contributed by atoms with van der Waals surface area (Å²) in [5.41, 5.74) is 6.62. The van der Waals surface area contributed by atoms with E-state index >= 15 is 0 Å². The Labute approximate surface area is 165 Å². The number of rotatable bonds is 4. The van der Waals surface area contributed by atoms with Gasteiger partial charge in [0.2, 0.25) is 0 Å². The summed E-state index contributed by atoms with van der Waals surface area (Å²) in [6, 6.07) is 4.25. The second-order valence-corrected chi connectivity index (χ2v) is 8.49. The van der Waals surface area contributed by atoms with Crippen molar-refractivity contribution in [3.8, 4) is 5.75 Å². The Morgan fingerprint density at radius 3 is 2.70 bits per heavy atom. The van der Waals surface area contributed by atoms with Crippen LogP contribution in [0.4, 0.5) is 5.13 Å². The third-order valence-electron chi connectivity index (χ3n) is 5.95. The first kappa shape index (κ1) is 18.2. The van der Waals surface area contributed by atoms with Gasteiger partial charge in [0.15, 0.2) is 5.13 Å². The van der Waals surface area contributed by atoms with Crippen LogP contribution in [0, 0.1) is 27.7 Å². The normalized spacial score (nSPS) is 17.5. The van der Waals surface area contributed by atoms with E-state index in [1.54, 1.807) is 12.4 Å². The van der Waals surface area contributed by atoms with Gasteiger partial charge in [-0.3, -0.25) is 4.98 Å². The molecule has 0 aliphatic carbocycles. The van der Waals surface area contributed by atoms with Crippen molar-refractivity contribution in [2.75, 3.05) is 18.1 Å². The van der Waals surface area contributed by atoms with Gasteiger partial charge in [0.1, 0.15) is 12.4 Å². The number of piperidine rings is 1. The topological polar surface area (TPSA) is 38.2 Å². The lowest BCUT2D eigenvalue weighted by Crippen LogP contribution is -2.43. The number of aryl methyl sites for hydroxylation is 2. The highest BCUT2D eigenvalue weighted by Crippen LogP contribution is 2.38. The van der Waals surface area contributed by atoms with E-state index < -0.39 is 0 Å². The third-order valence-corrected chi connectivity index (χ3v) is 7.16. The molecule has 1 saturated heterocycles. The smallest absolute Gasteiger partial charge is 0.186 e. The second-order valence-electron chi connectivity index (χ2n) is 7.52. The van der Waals surface area contributed by atoms with Crippen molar-refractivity contribution in [3.63, 3.8) is 0 Å². The fourth-order valence-corrected chi connectivity index (χ4v) is 5.18. The summed E-state index contributed by atoms with van der Waals surface area (Å²) >= 11 is 1.84. The van der Waals surface area contributed by atoms with Crippen LogP contribution in [0.15, 0.2) is 24.5 Å². The fourth-order valence-electron chi connectivity index (χ4n) is 3.90. The summed E-state index contributed by atoms with van der Waals surface area (Å²) < 4.78 is 7.37. The molecular weight excluding hydrogens is 354 g/mol. The molecule has 1 aliphatic heterocycles. The van der Waals surface area contributed by atoms with Crippen LogP contribution in [0.5, 0.6) is 5.75 Å². The Morgan fingerprint density at radius 2 is 1.93 bits per heavy atom. The van der Waals surface area contributed by atoms with E-state index in [1.807, 2.05) is 23.5 Å². The van der Waals surface area contributed by atoms with Gasteiger partial charge in [-0.2, -0.15) is 0 Å². The number of aromatic nitrogens is 2. The second kappa shape index (κ2) is 7.47. The SMILES string of the molecule is Cc1c(C)c(C)c2sc(N3CCCCC3COc3cccnc3)nc2c1C. The molecule has 0 spiro atoms. The molecule has 4 nitrogen and oxygen atoms in total. The molecule has 1 fully saturated rings. The number of pyridine rings is 1. The van der Waals surface area contributed by atoms with Crippen LogP contribution in [0.3, 0.4) is 0 Å². The maximum absolute atomic E-state index is 6.03. The Balaban J connectivity index is 1.63. The molecule has 27 heavy (non-hydrogen) atoms.